The lowest BCUT2D eigenvalue weighted by molar-refractivity contribution is 0.459. The van der Waals surface area contributed by atoms with Gasteiger partial charge in [0.05, 0.1) is 0 Å². The van der Waals surface area contributed by atoms with Crippen LogP contribution in [-0.4, -0.2) is 5.71 Å². The third-order valence-corrected chi connectivity index (χ3v) is 3.30. The highest BCUT2D eigenvalue weighted by atomic mass is 14.4. The van der Waals surface area contributed by atoms with Crippen molar-refractivity contribution in [3.8, 4) is 0 Å². The van der Waals surface area contributed by atoms with Gasteiger partial charge >= 0.3 is 0 Å². The molecule has 0 heterocycles. The zero-order chi connectivity index (χ0) is 11.0. The van der Waals surface area contributed by atoms with E-state index in [0.717, 1.165) is 18.1 Å². The Labute approximate surface area is 89.8 Å². The summed E-state index contributed by atoms with van der Waals surface area (Å²) in [6.45, 7) is 8.74. The van der Waals surface area contributed by atoms with E-state index in [9.17, 15) is 0 Å². The predicted octanol–water partition coefficient (Wildman–Crippen LogP) is 4.66. The van der Waals surface area contributed by atoms with Gasteiger partial charge in [0.1, 0.15) is 0 Å². The molecular formula is C13H27N. The van der Waals surface area contributed by atoms with Crippen LogP contribution in [0.25, 0.3) is 0 Å². The van der Waals surface area contributed by atoms with Crippen LogP contribution >= 0.6 is 0 Å². The normalized spacial score (nSPS) is 15.1. The summed E-state index contributed by atoms with van der Waals surface area (Å²) in [7, 11) is 0. The Bertz CT molecular complexity index is 151. The molecule has 0 aromatic rings. The van der Waals surface area contributed by atoms with E-state index in [0.29, 0.717) is 5.92 Å². The summed E-state index contributed by atoms with van der Waals surface area (Å²) in [5, 5.41) is 7.61. The zero-order valence-corrected chi connectivity index (χ0v) is 10.4. The Kier molecular flexibility index (Phi) is 7.83. The first-order valence-corrected chi connectivity index (χ1v) is 6.16. The van der Waals surface area contributed by atoms with Crippen molar-refractivity contribution in [1.29, 1.82) is 5.41 Å². The Morgan fingerprint density at radius 1 is 1.07 bits per heavy atom. The maximum Gasteiger partial charge on any atom is 0.00890 e. The molecule has 0 amide bonds. The van der Waals surface area contributed by atoms with Crippen molar-refractivity contribution in [2.24, 2.45) is 11.8 Å². The summed E-state index contributed by atoms with van der Waals surface area (Å²) in [6, 6.07) is 0. The molecule has 0 saturated heterocycles. The minimum absolute atomic E-state index is 0.548. The van der Waals surface area contributed by atoms with Gasteiger partial charge in [0.15, 0.2) is 0 Å². The van der Waals surface area contributed by atoms with Gasteiger partial charge in [-0.25, -0.2) is 0 Å². The second kappa shape index (κ2) is 8.02. The van der Waals surface area contributed by atoms with Gasteiger partial charge in [-0.3, -0.25) is 0 Å². The summed E-state index contributed by atoms with van der Waals surface area (Å²) >= 11 is 0. The molecular weight excluding hydrogens is 170 g/mol. The van der Waals surface area contributed by atoms with Gasteiger partial charge in [-0.15, -0.1) is 0 Å². The standard InChI is InChI=1S/C13H27N/c1-5-11(3)9-7-8-10-13(6-2)12(4)14/h11,13-14H,5-10H2,1-4H3. The number of hydrogen-bond donors (Lipinski definition) is 1. The first-order valence-electron chi connectivity index (χ1n) is 6.16. The van der Waals surface area contributed by atoms with E-state index in [-0.39, 0.29) is 0 Å². The van der Waals surface area contributed by atoms with Crippen molar-refractivity contribution in [3.63, 3.8) is 0 Å². The molecule has 0 bridgehead atoms. The topological polar surface area (TPSA) is 23.9 Å². The monoisotopic (exact) mass is 197 g/mol. The zero-order valence-electron chi connectivity index (χ0n) is 10.4. The summed E-state index contributed by atoms with van der Waals surface area (Å²) in [4.78, 5) is 0. The molecule has 0 spiro atoms. The lowest BCUT2D eigenvalue weighted by atomic mass is 9.93. The minimum atomic E-state index is 0.548. The van der Waals surface area contributed by atoms with Gasteiger partial charge in [0.2, 0.25) is 0 Å². The third-order valence-electron chi connectivity index (χ3n) is 3.30. The maximum atomic E-state index is 7.61. The van der Waals surface area contributed by atoms with Gasteiger partial charge in [-0.2, -0.15) is 0 Å². The highest BCUT2D eigenvalue weighted by Gasteiger charge is 2.08. The Hall–Kier alpha value is -0.330. The summed E-state index contributed by atoms with van der Waals surface area (Å²) < 4.78 is 0. The van der Waals surface area contributed by atoms with Crippen molar-refractivity contribution in [1.82, 2.24) is 0 Å². The fourth-order valence-corrected chi connectivity index (χ4v) is 1.81. The van der Waals surface area contributed by atoms with Crippen LogP contribution < -0.4 is 0 Å². The lowest BCUT2D eigenvalue weighted by Crippen LogP contribution is -2.08. The van der Waals surface area contributed by atoms with Crippen LogP contribution in [0.5, 0.6) is 0 Å². The number of unbranched alkanes of at least 4 members (excludes halogenated alkanes) is 1. The largest absolute Gasteiger partial charge is 0.310 e. The highest BCUT2D eigenvalue weighted by Crippen LogP contribution is 2.17. The average molecular weight is 197 g/mol. The second-order valence-corrected chi connectivity index (χ2v) is 4.59. The predicted molar refractivity (Wildman–Crippen MR) is 65.1 cm³/mol. The molecule has 0 saturated carbocycles. The Balaban J connectivity index is 3.47. The first kappa shape index (κ1) is 13.7. The third kappa shape index (κ3) is 6.17. The van der Waals surface area contributed by atoms with Crippen molar-refractivity contribution in [2.75, 3.05) is 0 Å². The molecule has 2 atom stereocenters. The molecule has 84 valence electrons. The van der Waals surface area contributed by atoms with Crippen LogP contribution in [0.4, 0.5) is 0 Å². The molecule has 0 fully saturated rings. The van der Waals surface area contributed by atoms with Gasteiger partial charge in [0.25, 0.3) is 0 Å². The van der Waals surface area contributed by atoms with Crippen molar-refractivity contribution in [2.45, 2.75) is 66.2 Å². The summed E-state index contributed by atoms with van der Waals surface area (Å²) in [6.07, 6.45) is 7.68. The fourth-order valence-electron chi connectivity index (χ4n) is 1.81. The SMILES string of the molecule is CCC(C)CCCCC(CC)C(C)=N. The van der Waals surface area contributed by atoms with Crippen molar-refractivity contribution >= 4 is 5.71 Å². The van der Waals surface area contributed by atoms with E-state index in [1.54, 1.807) is 0 Å². The van der Waals surface area contributed by atoms with Gasteiger partial charge in [0, 0.05) is 5.71 Å². The van der Waals surface area contributed by atoms with E-state index in [4.69, 9.17) is 5.41 Å². The smallest absolute Gasteiger partial charge is 0.00890 e. The van der Waals surface area contributed by atoms with Gasteiger partial charge in [-0.05, 0) is 31.6 Å². The van der Waals surface area contributed by atoms with Crippen LogP contribution in [0.15, 0.2) is 0 Å². The second-order valence-electron chi connectivity index (χ2n) is 4.59. The maximum absolute atomic E-state index is 7.61. The van der Waals surface area contributed by atoms with E-state index in [1.165, 1.54) is 32.1 Å². The number of rotatable bonds is 8. The quantitative estimate of drug-likeness (QED) is 0.432. The molecule has 0 rings (SSSR count). The first-order chi connectivity index (χ1) is 6.61. The lowest BCUT2D eigenvalue weighted by Gasteiger charge is -2.13. The molecule has 14 heavy (non-hydrogen) atoms. The molecule has 0 aromatic carbocycles. The van der Waals surface area contributed by atoms with Crippen LogP contribution in [0.3, 0.4) is 0 Å². The van der Waals surface area contributed by atoms with Crippen LogP contribution in [0, 0.1) is 17.2 Å². The van der Waals surface area contributed by atoms with Crippen molar-refractivity contribution in [3.05, 3.63) is 0 Å². The Morgan fingerprint density at radius 2 is 1.64 bits per heavy atom. The molecule has 0 aliphatic carbocycles. The molecule has 2 unspecified atom stereocenters. The molecule has 0 radical (unpaired) electrons. The molecule has 0 aliphatic heterocycles. The van der Waals surface area contributed by atoms with E-state index >= 15 is 0 Å². The van der Waals surface area contributed by atoms with Crippen LogP contribution in [0.1, 0.15) is 66.2 Å². The summed E-state index contributed by atoms with van der Waals surface area (Å²) in [5.74, 6) is 1.43. The molecule has 0 aromatic heterocycles. The van der Waals surface area contributed by atoms with E-state index in [2.05, 4.69) is 20.8 Å². The Morgan fingerprint density at radius 3 is 2.07 bits per heavy atom. The molecule has 0 aliphatic rings. The van der Waals surface area contributed by atoms with Gasteiger partial charge < -0.3 is 5.41 Å². The summed E-state index contributed by atoms with van der Waals surface area (Å²) in [5.41, 5.74) is 0.871. The fraction of sp³-hybridized carbons (Fsp3) is 0.923. The van der Waals surface area contributed by atoms with Crippen molar-refractivity contribution < 1.29 is 0 Å². The van der Waals surface area contributed by atoms with Crippen LogP contribution in [-0.2, 0) is 0 Å². The average Bonchev–Trinajstić information content (AvgIpc) is 2.16. The minimum Gasteiger partial charge on any atom is -0.310 e. The van der Waals surface area contributed by atoms with E-state index in [1.807, 2.05) is 6.92 Å². The number of hydrogen-bond acceptors (Lipinski definition) is 1. The van der Waals surface area contributed by atoms with Crippen LogP contribution in [0.2, 0.25) is 0 Å². The highest BCUT2D eigenvalue weighted by molar-refractivity contribution is 5.81. The van der Waals surface area contributed by atoms with E-state index < -0.39 is 0 Å². The molecule has 1 N–H and O–H groups in total. The molecule has 1 nitrogen and oxygen atoms in total. The van der Waals surface area contributed by atoms with Gasteiger partial charge in [-0.1, -0.05) is 46.5 Å². The molecule has 1 heteroatoms. The number of nitrogens with one attached hydrogen (secondary N) is 1.